The summed E-state index contributed by atoms with van der Waals surface area (Å²) in [6, 6.07) is 22.3. The molecule has 0 spiro atoms. The molecule has 0 bridgehead atoms. The van der Waals surface area contributed by atoms with Gasteiger partial charge in [0.25, 0.3) is 11.8 Å². The number of aromatic nitrogens is 1. The van der Waals surface area contributed by atoms with E-state index in [0.29, 0.717) is 27.0 Å². The molecule has 6 nitrogen and oxygen atoms in total. The van der Waals surface area contributed by atoms with Gasteiger partial charge in [0.05, 0.1) is 21.7 Å². The zero-order valence-corrected chi connectivity index (χ0v) is 17.2. The molecule has 2 heterocycles. The third-order valence-corrected chi connectivity index (χ3v) is 5.36. The van der Waals surface area contributed by atoms with Crippen LogP contribution in [0, 0.1) is 0 Å². The third-order valence-electron chi connectivity index (χ3n) is 4.29. The van der Waals surface area contributed by atoms with Crippen LogP contribution in [0.4, 0.5) is 0 Å². The fraction of sp³-hybridized carbons (Fsp3) is 0. The van der Waals surface area contributed by atoms with Crippen molar-refractivity contribution >= 4 is 51.4 Å². The number of nitrogens with zero attached hydrogens (tertiary/aromatic N) is 1. The van der Waals surface area contributed by atoms with Gasteiger partial charge in [-0.15, -0.1) is 11.3 Å². The van der Waals surface area contributed by atoms with Crippen molar-refractivity contribution in [3.05, 3.63) is 88.6 Å². The monoisotopic (exact) mass is 432 g/mol. The minimum atomic E-state index is -0.390. The lowest BCUT2D eigenvalue weighted by atomic mass is 10.0. The van der Waals surface area contributed by atoms with E-state index in [4.69, 9.17) is 12.2 Å². The molecule has 2 aromatic carbocycles. The van der Waals surface area contributed by atoms with Gasteiger partial charge in [0, 0.05) is 10.9 Å². The van der Waals surface area contributed by atoms with Crippen LogP contribution in [-0.4, -0.2) is 21.9 Å². The number of thiocarbonyl (C=S) groups is 1. The highest BCUT2D eigenvalue weighted by atomic mass is 32.1. The second-order valence-electron chi connectivity index (χ2n) is 6.28. The van der Waals surface area contributed by atoms with E-state index < -0.39 is 5.91 Å². The maximum absolute atomic E-state index is 12.9. The number of hydrazine groups is 1. The Morgan fingerprint density at radius 1 is 0.867 bits per heavy atom. The van der Waals surface area contributed by atoms with E-state index in [-0.39, 0.29) is 11.0 Å². The molecule has 0 saturated carbocycles. The van der Waals surface area contributed by atoms with Crippen molar-refractivity contribution in [2.75, 3.05) is 0 Å². The molecule has 2 aromatic heterocycles. The second-order valence-corrected chi connectivity index (χ2v) is 7.63. The summed E-state index contributed by atoms with van der Waals surface area (Å²) in [4.78, 5) is 30.1. The van der Waals surface area contributed by atoms with E-state index in [1.165, 1.54) is 11.3 Å². The summed E-state index contributed by atoms with van der Waals surface area (Å²) in [5.74, 6) is -0.726. The van der Waals surface area contributed by atoms with Crippen molar-refractivity contribution in [2.45, 2.75) is 0 Å². The third kappa shape index (κ3) is 4.35. The van der Waals surface area contributed by atoms with E-state index >= 15 is 0 Å². The number of carbonyl (C=O) groups is 2. The van der Waals surface area contributed by atoms with Crippen molar-refractivity contribution in [3.8, 4) is 11.3 Å². The van der Waals surface area contributed by atoms with Gasteiger partial charge < -0.3 is 0 Å². The summed E-state index contributed by atoms with van der Waals surface area (Å²) in [7, 11) is 0. The van der Waals surface area contributed by atoms with Crippen molar-refractivity contribution in [2.24, 2.45) is 0 Å². The maximum atomic E-state index is 12.9. The van der Waals surface area contributed by atoms with E-state index in [2.05, 4.69) is 21.2 Å². The Labute approximate surface area is 181 Å². The molecule has 4 aromatic rings. The highest BCUT2D eigenvalue weighted by molar-refractivity contribution is 7.80. The predicted octanol–water partition coefficient (Wildman–Crippen LogP) is 3.91. The van der Waals surface area contributed by atoms with E-state index in [1.807, 2.05) is 54.6 Å². The van der Waals surface area contributed by atoms with Crippen LogP contribution in [-0.2, 0) is 0 Å². The van der Waals surface area contributed by atoms with Gasteiger partial charge in [-0.2, -0.15) is 0 Å². The number of hydrogen-bond acceptors (Lipinski definition) is 5. The van der Waals surface area contributed by atoms with Gasteiger partial charge in [0.2, 0.25) is 0 Å². The average molecular weight is 433 g/mol. The number of pyridine rings is 1. The normalized spacial score (nSPS) is 10.4. The number of hydrogen-bond donors (Lipinski definition) is 3. The molecule has 0 aliphatic rings. The fourth-order valence-corrected chi connectivity index (χ4v) is 3.67. The number of nitrogens with one attached hydrogen (secondary N) is 3. The van der Waals surface area contributed by atoms with Crippen LogP contribution in [0.3, 0.4) is 0 Å². The van der Waals surface area contributed by atoms with Crippen molar-refractivity contribution < 1.29 is 9.59 Å². The van der Waals surface area contributed by atoms with Crippen LogP contribution in [0.15, 0.2) is 78.2 Å². The Morgan fingerprint density at radius 2 is 1.63 bits per heavy atom. The number of amides is 2. The van der Waals surface area contributed by atoms with Crippen LogP contribution in [0.25, 0.3) is 22.2 Å². The lowest BCUT2D eigenvalue weighted by Crippen LogP contribution is -2.48. The quantitative estimate of drug-likeness (QED) is 0.338. The Morgan fingerprint density at radius 3 is 2.40 bits per heavy atom. The number of benzene rings is 2. The Kier molecular flexibility index (Phi) is 5.78. The zero-order chi connectivity index (χ0) is 20.9. The smallest absolute Gasteiger partial charge is 0.270 e. The summed E-state index contributed by atoms with van der Waals surface area (Å²) in [5, 5.41) is 5.04. The Bertz CT molecular complexity index is 1220. The summed E-state index contributed by atoms with van der Waals surface area (Å²) >= 11 is 6.41. The molecule has 0 fully saturated rings. The number of carbonyl (C=O) groups excluding carboxylic acids is 2. The van der Waals surface area contributed by atoms with Crippen LogP contribution >= 0.6 is 23.6 Å². The molecule has 0 unspecified atom stereocenters. The number of thiophene rings is 1. The van der Waals surface area contributed by atoms with Crippen LogP contribution < -0.4 is 16.2 Å². The van der Waals surface area contributed by atoms with Crippen LogP contribution in [0.2, 0.25) is 0 Å². The first-order chi connectivity index (χ1) is 14.6. The topological polar surface area (TPSA) is 83.1 Å². The van der Waals surface area contributed by atoms with Crippen LogP contribution in [0.5, 0.6) is 0 Å². The molecule has 0 aliphatic heterocycles. The first-order valence-corrected chi connectivity index (χ1v) is 10.3. The first-order valence-electron chi connectivity index (χ1n) is 9.02. The molecule has 30 heavy (non-hydrogen) atoms. The molecule has 8 heteroatoms. The minimum absolute atomic E-state index is 0.00314. The van der Waals surface area contributed by atoms with Gasteiger partial charge in [-0.1, -0.05) is 54.6 Å². The Hall–Kier alpha value is -3.62. The average Bonchev–Trinajstić information content (AvgIpc) is 3.32. The van der Waals surface area contributed by atoms with E-state index in [1.54, 1.807) is 23.6 Å². The minimum Gasteiger partial charge on any atom is -0.297 e. The highest BCUT2D eigenvalue weighted by Crippen LogP contribution is 2.24. The standard InChI is InChI=1S/C22H16N4O2S2/c27-20(25-26-22(29)24-21(28)19-11-6-12-30-19)16-13-18(14-7-2-1-3-8-14)23-17-10-5-4-9-15(16)17/h1-13H,(H,25,27)(H2,24,26,28,29). The lowest BCUT2D eigenvalue weighted by molar-refractivity contribution is 0.0936. The molecule has 4 rings (SSSR count). The summed E-state index contributed by atoms with van der Waals surface area (Å²) < 4.78 is 0. The lowest BCUT2D eigenvalue weighted by Gasteiger charge is -2.13. The molecule has 0 radical (unpaired) electrons. The molecular formula is C22H16N4O2S2. The van der Waals surface area contributed by atoms with Gasteiger partial charge in [0.1, 0.15) is 0 Å². The molecular weight excluding hydrogens is 416 g/mol. The second kappa shape index (κ2) is 8.81. The predicted molar refractivity (Wildman–Crippen MR) is 122 cm³/mol. The SMILES string of the molecule is O=C(NC(=S)NNC(=O)c1cc(-c2ccccc2)nc2ccccc12)c1cccs1. The van der Waals surface area contributed by atoms with Crippen LogP contribution in [0.1, 0.15) is 20.0 Å². The van der Waals surface area contributed by atoms with Crippen molar-refractivity contribution in [1.82, 2.24) is 21.2 Å². The summed E-state index contributed by atoms with van der Waals surface area (Å²) in [5.41, 5.74) is 7.88. The van der Waals surface area contributed by atoms with Gasteiger partial charge >= 0.3 is 0 Å². The van der Waals surface area contributed by atoms with Gasteiger partial charge in [-0.25, -0.2) is 4.98 Å². The van der Waals surface area contributed by atoms with Gasteiger partial charge in [0.15, 0.2) is 5.11 Å². The molecule has 2 amide bonds. The maximum Gasteiger partial charge on any atom is 0.270 e. The highest BCUT2D eigenvalue weighted by Gasteiger charge is 2.15. The van der Waals surface area contributed by atoms with E-state index in [0.717, 1.165) is 5.56 Å². The molecule has 3 N–H and O–H groups in total. The molecule has 0 saturated heterocycles. The summed E-state index contributed by atoms with van der Waals surface area (Å²) in [6.07, 6.45) is 0. The van der Waals surface area contributed by atoms with Gasteiger partial charge in [-0.3, -0.25) is 25.8 Å². The zero-order valence-electron chi connectivity index (χ0n) is 15.6. The van der Waals surface area contributed by atoms with Gasteiger partial charge in [-0.05, 0) is 35.8 Å². The number of rotatable bonds is 3. The van der Waals surface area contributed by atoms with Crippen molar-refractivity contribution in [3.63, 3.8) is 0 Å². The fourth-order valence-electron chi connectivity index (χ4n) is 2.90. The molecule has 148 valence electrons. The number of fused-ring (bicyclic) bond motifs is 1. The molecule has 0 atom stereocenters. The van der Waals surface area contributed by atoms with Crippen molar-refractivity contribution in [1.29, 1.82) is 0 Å². The molecule has 0 aliphatic carbocycles. The number of para-hydroxylation sites is 1. The van der Waals surface area contributed by atoms with E-state index in [9.17, 15) is 9.59 Å². The first kappa shape index (κ1) is 19.7. The summed E-state index contributed by atoms with van der Waals surface area (Å²) in [6.45, 7) is 0. The largest absolute Gasteiger partial charge is 0.297 e. The Balaban J connectivity index is 1.54.